The van der Waals surface area contributed by atoms with Crippen LogP contribution in [0, 0.1) is 24.7 Å². The average Bonchev–Trinajstić information content (AvgIpc) is 3.34. The molecule has 0 saturated carbocycles. The van der Waals surface area contributed by atoms with Crippen molar-refractivity contribution in [2.75, 3.05) is 20.1 Å². The molecule has 8 heteroatoms. The first kappa shape index (κ1) is 18.2. The summed E-state index contributed by atoms with van der Waals surface area (Å²) in [6.07, 6.45) is 4.52. The lowest BCUT2D eigenvalue weighted by atomic mass is 9.76. The second-order valence-corrected chi connectivity index (χ2v) is 8.25. The summed E-state index contributed by atoms with van der Waals surface area (Å²) in [5.41, 5.74) is -0.652. The zero-order valence-electron chi connectivity index (χ0n) is 16.2. The van der Waals surface area contributed by atoms with Crippen molar-refractivity contribution in [3.63, 3.8) is 0 Å². The molecule has 1 aromatic heterocycles. The second-order valence-electron chi connectivity index (χ2n) is 8.25. The third-order valence-electron chi connectivity index (χ3n) is 5.76. The topological polar surface area (TPSA) is 88.8 Å². The van der Waals surface area contributed by atoms with Gasteiger partial charge in [-0.2, -0.15) is 0 Å². The highest BCUT2D eigenvalue weighted by atomic mass is 16.5. The first-order chi connectivity index (χ1) is 12.8. The van der Waals surface area contributed by atoms with E-state index >= 15 is 0 Å². The number of carbonyl (C=O) groups is 2. The molecule has 2 saturated heterocycles. The van der Waals surface area contributed by atoms with Gasteiger partial charge in [0.15, 0.2) is 0 Å². The van der Waals surface area contributed by atoms with E-state index in [2.05, 4.69) is 24.0 Å². The monoisotopic (exact) mass is 374 g/mol. The Morgan fingerprint density at radius 3 is 2.89 bits per heavy atom. The number of likely N-dealkylation sites (tertiary alicyclic amines) is 1. The Labute approximate surface area is 158 Å². The first-order valence-electron chi connectivity index (χ1n) is 9.50. The summed E-state index contributed by atoms with van der Waals surface area (Å²) < 4.78 is 11.5. The number of carbonyl (C=O) groups excluding carboxylic acids is 2. The number of hydrogen-bond acceptors (Lipinski definition) is 6. The quantitative estimate of drug-likeness (QED) is 0.695. The van der Waals surface area contributed by atoms with Crippen molar-refractivity contribution in [3.05, 3.63) is 23.9 Å². The van der Waals surface area contributed by atoms with Gasteiger partial charge in [0.05, 0.1) is 31.0 Å². The Morgan fingerprint density at radius 2 is 2.22 bits per heavy atom. The van der Waals surface area contributed by atoms with E-state index in [9.17, 15) is 9.59 Å². The summed E-state index contributed by atoms with van der Waals surface area (Å²) >= 11 is 0. The molecule has 8 nitrogen and oxygen atoms in total. The Kier molecular flexibility index (Phi) is 4.33. The van der Waals surface area contributed by atoms with E-state index in [1.54, 1.807) is 18.9 Å². The molecule has 2 bridgehead atoms. The van der Waals surface area contributed by atoms with Gasteiger partial charge < -0.3 is 19.0 Å². The second kappa shape index (κ2) is 6.44. The summed E-state index contributed by atoms with van der Waals surface area (Å²) in [6, 6.07) is 0. The Balaban J connectivity index is 1.51. The average molecular weight is 374 g/mol. The van der Waals surface area contributed by atoms with Gasteiger partial charge in [-0.3, -0.25) is 9.59 Å². The predicted molar refractivity (Wildman–Crippen MR) is 95.3 cm³/mol. The molecule has 3 aliphatic heterocycles. The van der Waals surface area contributed by atoms with Gasteiger partial charge in [-0.05, 0) is 12.3 Å². The SMILES string of the molecule is Cc1nnc(CN(C)C(=O)[C@H]2[C@@H]3C=C[C@@]4(CN(CCC(C)C)C(=O)[C@@H]24)O3)o1. The number of rotatable bonds is 6. The van der Waals surface area contributed by atoms with E-state index in [0.29, 0.717) is 30.8 Å². The Bertz CT molecular complexity index is 788. The smallest absolute Gasteiger partial charge is 0.235 e. The van der Waals surface area contributed by atoms with Gasteiger partial charge in [-0.25, -0.2) is 0 Å². The van der Waals surface area contributed by atoms with E-state index < -0.39 is 17.4 Å². The van der Waals surface area contributed by atoms with Crippen LogP contribution in [0.15, 0.2) is 16.6 Å². The van der Waals surface area contributed by atoms with E-state index in [4.69, 9.17) is 9.15 Å². The Morgan fingerprint density at radius 1 is 1.44 bits per heavy atom. The van der Waals surface area contributed by atoms with Crippen molar-refractivity contribution < 1.29 is 18.7 Å². The summed E-state index contributed by atoms with van der Waals surface area (Å²) in [7, 11) is 1.69. The van der Waals surface area contributed by atoms with E-state index in [1.165, 1.54) is 0 Å². The van der Waals surface area contributed by atoms with Crippen molar-refractivity contribution in [3.8, 4) is 0 Å². The predicted octanol–water partition coefficient (Wildman–Crippen LogP) is 1.16. The molecule has 4 atom stereocenters. The summed E-state index contributed by atoms with van der Waals surface area (Å²) in [5.74, 6) is 0.329. The lowest BCUT2D eigenvalue weighted by Crippen LogP contribution is -2.44. The van der Waals surface area contributed by atoms with Crippen LogP contribution in [0.25, 0.3) is 0 Å². The molecule has 4 heterocycles. The molecular formula is C19H26N4O4. The van der Waals surface area contributed by atoms with Gasteiger partial charge in [0.25, 0.3) is 0 Å². The maximum Gasteiger partial charge on any atom is 0.235 e. The number of amides is 2. The molecular weight excluding hydrogens is 348 g/mol. The molecule has 27 heavy (non-hydrogen) atoms. The largest absolute Gasteiger partial charge is 0.424 e. The molecule has 3 aliphatic rings. The molecule has 0 N–H and O–H groups in total. The van der Waals surface area contributed by atoms with Gasteiger partial charge in [-0.15, -0.1) is 10.2 Å². The zero-order chi connectivity index (χ0) is 19.3. The van der Waals surface area contributed by atoms with Gasteiger partial charge in [0.2, 0.25) is 23.6 Å². The minimum absolute atomic E-state index is 0.0304. The maximum atomic E-state index is 13.2. The number of nitrogens with zero attached hydrogens (tertiary/aromatic N) is 4. The summed E-state index contributed by atoms with van der Waals surface area (Å²) in [4.78, 5) is 29.6. The van der Waals surface area contributed by atoms with Crippen molar-refractivity contribution in [1.82, 2.24) is 20.0 Å². The van der Waals surface area contributed by atoms with Crippen LogP contribution < -0.4 is 0 Å². The normalized spacial score (nSPS) is 31.2. The highest BCUT2D eigenvalue weighted by Gasteiger charge is 2.66. The highest BCUT2D eigenvalue weighted by Crippen LogP contribution is 2.52. The van der Waals surface area contributed by atoms with Crippen LogP contribution in [-0.2, 0) is 20.9 Å². The van der Waals surface area contributed by atoms with Gasteiger partial charge in [0.1, 0.15) is 5.60 Å². The standard InChI is InChI=1S/C19H26N4O4/c1-11(2)6-8-23-10-19-7-5-13(27-19)15(16(19)18(23)25)17(24)22(4)9-14-21-20-12(3)26-14/h5,7,11,13,15-16H,6,8-10H2,1-4H3/t13-,15-,16+,19-/m0/s1. The van der Waals surface area contributed by atoms with Gasteiger partial charge in [0, 0.05) is 20.5 Å². The molecule has 0 aliphatic carbocycles. The van der Waals surface area contributed by atoms with Crippen molar-refractivity contribution in [2.45, 2.75) is 45.4 Å². The molecule has 4 rings (SSSR count). The van der Waals surface area contributed by atoms with Crippen LogP contribution in [0.4, 0.5) is 0 Å². The molecule has 146 valence electrons. The Hall–Kier alpha value is -2.22. The summed E-state index contributed by atoms with van der Waals surface area (Å²) in [5, 5.41) is 7.74. The van der Waals surface area contributed by atoms with Crippen molar-refractivity contribution >= 4 is 11.8 Å². The number of aromatic nitrogens is 2. The zero-order valence-corrected chi connectivity index (χ0v) is 16.2. The lowest BCUT2D eigenvalue weighted by molar-refractivity contribution is -0.143. The minimum Gasteiger partial charge on any atom is -0.424 e. The fourth-order valence-electron chi connectivity index (χ4n) is 4.40. The first-order valence-corrected chi connectivity index (χ1v) is 9.50. The van der Waals surface area contributed by atoms with E-state index in [-0.39, 0.29) is 24.5 Å². The van der Waals surface area contributed by atoms with Crippen LogP contribution in [0.2, 0.25) is 0 Å². The number of ether oxygens (including phenoxy) is 1. The van der Waals surface area contributed by atoms with E-state index in [0.717, 1.165) is 6.42 Å². The maximum absolute atomic E-state index is 13.2. The van der Waals surface area contributed by atoms with Gasteiger partial charge in [-0.1, -0.05) is 26.0 Å². The fraction of sp³-hybridized carbons (Fsp3) is 0.684. The van der Waals surface area contributed by atoms with Crippen molar-refractivity contribution in [2.24, 2.45) is 17.8 Å². The molecule has 2 amide bonds. The molecule has 0 unspecified atom stereocenters. The molecule has 1 aromatic rings. The highest BCUT2D eigenvalue weighted by molar-refractivity contribution is 5.92. The number of aryl methyl sites for hydroxylation is 1. The van der Waals surface area contributed by atoms with Crippen LogP contribution >= 0.6 is 0 Å². The molecule has 2 fully saturated rings. The third kappa shape index (κ3) is 2.96. The molecule has 0 aromatic carbocycles. The van der Waals surface area contributed by atoms with Crippen LogP contribution in [0.3, 0.4) is 0 Å². The van der Waals surface area contributed by atoms with Gasteiger partial charge >= 0.3 is 0 Å². The fourth-order valence-corrected chi connectivity index (χ4v) is 4.40. The van der Waals surface area contributed by atoms with Crippen molar-refractivity contribution in [1.29, 1.82) is 0 Å². The molecule has 0 radical (unpaired) electrons. The molecule has 1 spiro atoms. The minimum atomic E-state index is -0.652. The van der Waals surface area contributed by atoms with E-state index in [1.807, 2.05) is 17.1 Å². The van der Waals surface area contributed by atoms with Crippen LogP contribution in [-0.4, -0.2) is 63.7 Å². The summed E-state index contributed by atoms with van der Waals surface area (Å²) in [6.45, 7) is 7.45. The number of hydrogen-bond donors (Lipinski definition) is 0. The lowest BCUT2D eigenvalue weighted by Gasteiger charge is -2.27. The number of fused-ring (bicyclic) bond motifs is 1. The van der Waals surface area contributed by atoms with Crippen LogP contribution in [0.5, 0.6) is 0 Å². The van der Waals surface area contributed by atoms with Crippen LogP contribution in [0.1, 0.15) is 32.0 Å². The third-order valence-corrected chi connectivity index (χ3v) is 5.76.